The van der Waals surface area contributed by atoms with Crippen LogP contribution in [0.1, 0.15) is 38.3 Å². The minimum atomic E-state index is 0.237. The Morgan fingerprint density at radius 2 is 1.67 bits per heavy atom. The van der Waals surface area contributed by atoms with Gasteiger partial charge in [0.15, 0.2) is 12.0 Å². The smallest absolute Gasteiger partial charge is 0.227 e. The fourth-order valence-electron chi connectivity index (χ4n) is 2.91. The fraction of sp³-hybridized carbons (Fsp3) is 0.130. The Hall–Kier alpha value is -4.10. The summed E-state index contributed by atoms with van der Waals surface area (Å²) in [4.78, 5) is 17.7. The van der Waals surface area contributed by atoms with E-state index in [4.69, 9.17) is 23.2 Å². The molecule has 3 rings (SSSR count). The lowest BCUT2D eigenvalue weighted by atomic mass is 10.1. The van der Waals surface area contributed by atoms with Crippen LogP contribution in [-0.2, 0) is 13.2 Å². The van der Waals surface area contributed by atoms with Crippen molar-refractivity contribution in [1.82, 2.24) is 4.98 Å². The highest BCUT2D eigenvalue weighted by Crippen LogP contribution is 2.27. The SMILES string of the molecule is [B]N(Cc1cnc(C)c(OCc2ccc(C#N)cc2)c1C=O)c1ccc(C#N)cc1. The highest BCUT2D eigenvalue weighted by Gasteiger charge is 2.15. The Morgan fingerprint density at radius 1 is 1.07 bits per heavy atom. The average Bonchev–Trinajstić information content (AvgIpc) is 2.79. The molecule has 0 unspecified atom stereocenters. The molecule has 0 aliphatic rings. The first kappa shape index (κ1) is 20.6. The Balaban J connectivity index is 1.81. The summed E-state index contributed by atoms with van der Waals surface area (Å²) in [5, 5.41) is 17.8. The van der Waals surface area contributed by atoms with E-state index in [1.165, 1.54) is 4.81 Å². The number of carbonyl (C=O) groups excluding carboxylic acids is 1. The molecule has 6 nitrogen and oxygen atoms in total. The van der Waals surface area contributed by atoms with Crippen molar-refractivity contribution >= 4 is 20.0 Å². The fourth-order valence-corrected chi connectivity index (χ4v) is 2.91. The van der Waals surface area contributed by atoms with Gasteiger partial charge in [-0.05, 0) is 48.9 Å². The maximum Gasteiger partial charge on any atom is 0.227 e. The molecule has 3 aromatic rings. The minimum absolute atomic E-state index is 0.237. The molecule has 0 saturated heterocycles. The van der Waals surface area contributed by atoms with E-state index in [-0.39, 0.29) is 13.2 Å². The number of aromatic nitrogens is 1. The van der Waals surface area contributed by atoms with Gasteiger partial charge in [0.25, 0.3) is 0 Å². The molecule has 0 spiro atoms. The van der Waals surface area contributed by atoms with E-state index in [9.17, 15) is 4.79 Å². The lowest BCUT2D eigenvalue weighted by Crippen LogP contribution is -2.20. The third-order valence-corrected chi connectivity index (χ3v) is 4.59. The average molecular weight is 392 g/mol. The summed E-state index contributed by atoms with van der Waals surface area (Å²) in [6, 6.07) is 18.0. The van der Waals surface area contributed by atoms with Crippen molar-refractivity contribution in [3.8, 4) is 17.9 Å². The molecule has 1 heterocycles. The summed E-state index contributed by atoms with van der Waals surface area (Å²) in [7, 11) is 6.16. The minimum Gasteiger partial charge on any atom is -0.486 e. The maximum absolute atomic E-state index is 11.9. The number of rotatable bonds is 7. The molecule has 144 valence electrons. The monoisotopic (exact) mass is 392 g/mol. The first-order valence-electron chi connectivity index (χ1n) is 9.13. The molecule has 2 radical (unpaired) electrons. The van der Waals surface area contributed by atoms with Crippen molar-refractivity contribution in [2.75, 3.05) is 4.81 Å². The number of hydrogen-bond donors (Lipinski definition) is 0. The molecular formula is C23H17BN4O2. The van der Waals surface area contributed by atoms with Gasteiger partial charge in [-0.1, -0.05) is 12.1 Å². The third kappa shape index (κ3) is 4.66. The quantitative estimate of drug-likeness (QED) is 0.451. The van der Waals surface area contributed by atoms with Crippen LogP contribution in [0.2, 0.25) is 0 Å². The number of pyridine rings is 1. The lowest BCUT2D eigenvalue weighted by molar-refractivity contribution is 0.111. The van der Waals surface area contributed by atoms with Gasteiger partial charge < -0.3 is 9.55 Å². The predicted octanol–water partition coefficient (Wildman–Crippen LogP) is 3.61. The number of anilines is 1. The Labute approximate surface area is 176 Å². The summed E-state index contributed by atoms with van der Waals surface area (Å²) in [5.74, 6) is 0.403. The van der Waals surface area contributed by atoms with Crippen LogP contribution in [0.3, 0.4) is 0 Å². The lowest BCUT2D eigenvalue weighted by Gasteiger charge is -2.22. The van der Waals surface area contributed by atoms with E-state index in [1.54, 1.807) is 61.7 Å². The summed E-state index contributed by atoms with van der Waals surface area (Å²) < 4.78 is 5.90. The Kier molecular flexibility index (Phi) is 6.47. The highest BCUT2D eigenvalue weighted by molar-refractivity contribution is 6.17. The number of nitrogens with zero attached hydrogens (tertiary/aromatic N) is 4. The second-order valence-corrected chi connectivity index (χ2v) is 6.61. The summed E-state index contributed by atoms with van der Waals surface area (Å²) in [6.45, 7) is 2.24. The molecule has 0 atom stereocenters. The van der Waals surface area contributed by atoms with Crippen LogP contribution >= 0.6 is 0 Å². The van der Waals surface area contributed by atoms with E-state index >= 15 is 0 Å². The Morgan fingerprint density at radius 3 is 2.23 bits per heavy atom. The summed E-state index contributed by atoms with van der Waals surface area (Å²) >= 11 is 0. The Bertz CT molecular complexity index is 1130. The van der Waals surface area contributed by atoms with Gasteiger partial charge in [0, 0.05) is 24.0 Å². The zero-order valence-corrected chi connectivity index (χ0v) is 16.4. The number of carbonyl (C=O) groups is 1. The molecule has 0 fully saturated rings. The normalized spacial score (nSPS) is 9.97. The van der Waals surface area contributed by atoms with Crippen LogP contribution in [-0.4, -0.2) is 19.3 Å². The zero-order chi connectivity index (χ0) is 21.5. The molecule has 7 heteroatoms. The van der Waals surface area contributed by atoms with Crippen molar-refractivity contribution < 1.29 is 9.53 Å². The number of hydrogen-bond acceptors (Lipinski definition) is 6. The molecule has 0 amide bonds. The van der Waals surface area contributed by atoms with Crippen LogP contribution < -0.4 is 9.55 Å². The third-order valence-electron chi connectivity index (χ3n) is 4.59. The van der Waals surface area contributed by atoms with E-state index in [0.29, 0.717) is 39.4 Å². The van der Waals surface area contributed by atoms with Gasteiger partial charge in [-0.15, -0.1) is 0 Å². The van der Waals surface area contributed by atoms with Crippen molar-refractivity contribution in [1.29, 1.82) is 10.5 Å². The number of aryl methyl sites for hydroxylation is 1. The second-order valence-electron chi connectivity index (χ2n) is 6.61. The first-order chi connectivity index (χ1) is 14.5. The maximum atomic E-state index is 11.9. The predicted molar refractivity (Wildman–Crippen MR) is 113 cm³/mol. The van der Waals surface area contributed by atoms with Crippen LogP contribution in [0.5, 0.6) is 5.75 Å². The number of aldehydes is 1. The van der Waals surface area contributed by atoms with Gasteiger partial charge in [0.1, 0.15) is 6.61 Å². The molecule has 1 aromatic heterocycles. The van der Waals surface area contributed by atoms with E-state index in [0.717, 1.165) is 11.8 Å². The van der Waals surface area contributed by atoms with Crippen molar-refractivity contribution in [3.63, 3.8) is 0 Å². The van der Waals surface area contributed by atoms with Gasteiger partial charge in [0.05, 0.1) is 34.5 Å². The summed E-state index contributed by atoms with van der Waals surface area (Å²) in [5.41, 5.74) is 4.28. The number of nitriles is 2. The van der Waals surface area contributed by atoms with Gasteiger partial charge in [0.2, 0.25) is 7.98 Å². The molecular weight excluding hydrogens is 375 g/mol. The molecule has 30 heavy (non-hydrogen) atoms. The van der Waals surface area contributed by atoms with E-state index < -0.39 is 0 Å². The standard InChI is InChI=1S/C23H17BN4O2/c1-16-23(30-15-19-4-2-17(10-25)3-5-19)22(14-29)20(12-27-16)13-28(24)21-8-6-18(11-26)7-9-21/h2-9,12,14H,13,15H2,1H3. The van der Waals surface area contributed by atoms with Crippen LogP contribution in [0.25, 0.3) is 0 Å². The van der Waals surface area contributed by atoms with Crippen LogP contribution in [0.15, 0.2) is 54.7 Å². The molecule has 0 aliphatic heterocycles. The van der Waals surface area contributed by atoms with Gasteiger partial charge in [-0.25, -0.2) is 0 Å². The highest BCUT2D eigenvalue weighted by atomic mass is 16.5. The molecule has 0 bridgehead atoms. The molecule has 0 saturated carbocycles. The first-order valence-corrected chi connectivity index (χ1v) is 9.13. The van der Waals surface area contributed by atoms with Crippen molar-refractivity contribution in [2.24, 2.45) is 0 Å². The van der Waals surface area contributed by atoms with E-state index in [1.807, 2.05) is 0 Å². The number of ether oxygens (including phenoxy) is 1. The zero-order valence-electron chi connectivity index (χ0n) is 16.4. The topological polar surface area (TPSA) is 90.0 Å². The molecule has 2 aromatic carbocycles. The van der Waals surface area contributed by atoms with Crippen LogP contribution in [0.4, 0.5) is 5.69 Å². The van der Waals surface area contributed by atoms with Gasteiger partial charge in [-0.2, -0.15) is 10.5 Å². The van der Waals surface area contributed by atoms with Crippen molar-refractivity contribution in [2.45, 2.75) is 20.1 Å². The summed E-state index contributed by atoms with van der Waals surface area (Å²) in [6.07, 6.45) is 2.35. The van der Waals surface area contributed by atoms with E-state index in [2.05, 4.69) is 17.1 Å². The van der Waals surface area contributed by atoms with Gasteiger partial charge >= 0.3 is 0 Å². The van der Waals surface area contributed by atoms with Crippen molar-refractivity contribution in [3.05, 3.63) is 88.2 Å². The molecule has 0 aliphatic carbocycles. The largest absolute Gasteiger partial charge is 0.486 e. The van der Waals surface area contributed by atoms with Crippen LogP contribution in [0, 0.1) is 29.6 Å². The number of benzene rings is 2. The molecule has 0 N–H and O–H groups in total. The van der Waals surface area contributed by atoms with Gasteiger partial charge in [-0.3, -0.25) is 9.78 Å². The second kappa shape index (κ2) is 9.40.